The number of allylic oxidation sites excluding steroid dienone is 4. The van der Waals surface area contributed by atoms with Crippen LogP contribution in [0.5, 0.6) is 0 Å². The van der Waals surface area contributed by atoms with Crippen LogP contribution in [0.15, 0.2) is 24.3 Å². The molecule has 0 saturated heterocycles. The molecule has 1 unspecified atom stereocenters. The smallest absolute Gasteiger partial charge is 0.306 e. The summed E-state index contributed by atoms with van der Waals surface area (Å²) >= 11 is 0. The molecule has 0 spiro atoms. The highest BCUT2D eigenvalue weighted by molar-refractivity contribution is 5.70. The van der Waals surface area contributed by atoms with Gasteiger partial charge in [-0.05, 0) is 64.2 Å². The molecule has 0 aromatic heterocycles. The SMILES string of the molecule is CCCC/C=C\CCCCCCCCOCC(COC(=O)CCCCCCC/C=C\CCCCCCCC)OC(=O)CCCCCCC. The van der Waals surface area contributed by atoms with Gasteiger partial charge in [0, 0.05) is 19.4 Å². The highest BCUT2D eigenvalue weighted by atomic mass is 16.6. The lowest BCUT2D eigenvalue weighted by Crippen LogP contribution is -2.30. The Hall–Kier alpha value is -1.62. The molecule has 0 rings (SSSR count). The quantitative estimate of drug-likeness (QED) is 0.0370. The Bertz CT molecular complexity index is 731. The second-order valence-electron chi connectivity index (χ2n) is 13.9. The maximum absolute atomic E-state index is 12.5. The van der Waals surface area contributed by atoms with Gasteiger partial charge in [-0.25, -0.2) is 0 Å². The largest absolute Gasteiger partial charge is 0.462 e. The average Bonchev–Trinajstić information content (AvgIpc) is 3.08. The van der Waals surface area contributed by atoms with Crippen LogP contribution in [0.2, 0.25) is 0 Å². The summed E-state index contributed by atoms with van der Waals surface area (Å²) in [5.41, 5.74) is 0. The minimum absolute atomic E-state index is 0.0817. The molecule has 0 radical (unpaired) electrons. The highest BCUT2D eigenvalue weighted by Crippen LogP contribution is 2.12. The van der Waals surface area contributed by atoms with Crippen molar-refractivity contribution >= 4 is 11.9 Å². The van der Waals surface area contributed by atoms with E-state index in [2.05, 4.69) is 45.1 Å². The zero-order chi connectivity index (χ0) is 35.0. The van der Waals surface area contributed by atoms with Gasteiger partial charge in [0.1, 0.15) is 6.61 Å². The summed E-state index contributed by atoms with van der Waals surface area (Å²) in [7, 11) is 0. The maximum Gasteiger partial charge on any atom is 0.306 e. The van der Waals surface area contributed by atoms with E-state index in [4.69, 9.17) is 14.2 Å². The van der Waals surface area contributed by atoms with Crippen molar-refractivity contribution in [3.63, 3.8) is 0 Å². The molecule has 0 saturated carbocycles. The fraction of sp³-hybridized carbons (Fsp3) is 0.860. The molecular weight excluding hydrogens is 596 g/mol. The van der Waals surface area contributed by atoms with E-state index in [1.54, 1.807) is 0 Å². The molecule has 0 fully saturated rings. The standard InChI is InChI=1S/C43H80O5/c1-4-7-10-13-15-17-19-21-22-23-24-26-28-31-33-36-42(44)47-40-41(48-43(45)37-34-30-12-9-6-3)39-46-38-35-32-29-27-25-20-18-16-14-11-8-5-2/h14,16,21-22,41H,4-13,15,17-20,23-40H2,1-3H3/b16-14-,22-21-. The van der Waals surface area contributed by atoms with Gasteiger partial charge in [0.25, 0.3) is 0 Å². The summed E-state index contributed by atoms with van der Waals surface area (Å²) < 4.78 is 17.1. The second-order valence-corrected chi connectivity index (χ2v) is 13.9. The van der Waals surface area contributed by atoms with Crippen molar-refractivity contribution in [2.24, 2.45) is 0 Å². The Balaban J connectivity index is 4.09. The van der Waals surface area contributed by atoms with Crippen LogP contribution >= 0.6 is 0 Å². The van der Waals surface area contributed by atoms with Crippen molar-refractivity contribution in [2.75, 3.05) is 19.8 Å². The Morgan fingerprint density at radius 3 is 1.33 bits per heavy atom. The molecule has 0 aliphatic rings. The van der Waals surface area contributed by atoms with Crippen molar-refractivity contribution in [1.82, 2.24) is 0 Å². The van der Waals surface area contributed by atoms with Crippen LogP contribution in [0, 0.1) is 0 Å². The van der Waals surface area contributed by atoms with E-state index < -0.39 is 6.10 Å². The summed E-state index contributed by atoms with van der Waals surface area (Å²) in [6.07, 6.45) is 43.3. The molecular formula is C43H80O5. The number of rotatable bonds is 38. The minimum Gasteiger partial charge on any atom is -0.462 e. The van der Waals surface area contributed by atoms with E-state index in [0.717, 1.165) is 57.8 Å². The van der Waals surface area contributed by atoms with E-state index >= 15 is 0 Å². The first kappa shape index (κ1) is 46.4. The third-order valence-electron chi connectivity index (χ3n) is 8.96. The fourth-order valence-electron chi connectivity index (χ4n) is 5.78. The summed E-state index contributed by atoms with van der Waals surface area (Å²) in [5, 5.41) is 0. The van der Waals surface area contributed by atoms with Gasteiger partial charge < -0.3 is 14.2 Å². The summed E-state index contributed by atoms with van der Waals surface area (Å²) in [6.45, 7) is 7.70. The number of unbranched alkanes of at least 4 members (excludes halogenated alkanes) is 23. The molecule has 0 N–H and O–H groups in total. The lowest BCUT2D eigenvalue weighted by Gasteiger charge is -2.18. The molecule has 0 amide bonds. The lowest BCUT2D eigenvalue weighted by molar-refractivity contribution is -0.163. The first-order chi connectivity index (χ1) is 23.6. The van der Waals surface area contributed by atoms with Gasteiger partial charge >= 0.3 is 11.9 Å². The van der Waals surface area contributed by atoms with Gasteiger partial charge in [0.05, 0.1) is 6.61 Å². The second kappa shape index (κ2) is 39.8. The maximum atomic E-state index is 12.5. The topological polar surface area (TPSA) is 61.8 Å². The van der Waals surface area contributed by atoms with Crippen molar-refractivity contribution in [2.45, 2.75) is 219 Å². The monoisotopic (exact) mass is 677 g/mol. The van der Waals surface area contributed by atoms with Crippen molar-refractivity contribution < 1.29 is 23.8 Å². The highest BCUT2D eigenvalue weighted by Gasteiger charge is 2.17. The van der Waals surface area contributed by atoms with E-state index in [0.29, 0.717) is 19.4 Å². The number of carbonyl (C=O) groups excluding carboxylic acids is 2. The van der Waals surface area contributed by atoms with E-state index in [-0.39, 0.29) is 25.2 Å². The Labute approximate surface area is 298 Å². The van der Waals surface area contributed by atoms with Gasteiger partial charge in [-0.3, -0.25) is 9.59 Å². The molecule has 5 nitrogen and oxygen atoms in total. The lowest BCUT2D eigenvalue weighted by atomic mass is 10.1. The van der Waals surface area contributed by atoms with Gasteiger partial charge in [-0.2, -0.15) is 0 Å². The predicted molar refractivity (Wildman–Crippen MR) is 205 cm³/mol. The third-order valence-corrected chi connectivity index (χ3v) is 8.96. The number of hydrogen-bond acceptors (Lipinski definition) is 5. The van der Waals surface area contributed by atoms with E-state index in [1.165, 1.54) is 122 Å². The Morgan fingerprint density at radius 2 is 0.833 bits per heavy atom. The molecule has 0 aromatic rings. The Morgan fingerprint density at radius 1 is 0.438 bits per heavy atom. The molecule has 48 heavy (non-hydrogen) atoms. The molecule has 5 heteroatoms. The molecule has 0 bridgehead atoms. The van der Waals surface area contributed by atoms with Crippen LogP contribution in [-0.4, -0.2) is 37.9 Å². The van der Waals surface area contributed by atoms with Crippen LogP contribution in [0.3, 0.4) is 0 Å². The summed E-state index contributed by atoms with van der Waals surface area (Å²) in [5.74, 6) is -0.418. The summed E-state index contributed by atoms with van der Waals surface area (Å²) in [6, 6.07) is 0. The van der Waals surface area contributed by atoms with Crippen molar-refractivity contribution in [3.05, 3.63) is 24.3 Å². The molecule has 0 aliphatic carbocycles. The van der Waals surface area contributed by atoms with Gasteiger partial charge in [0.2, 0.25) is 0 Å². The average molecular weight is 677 g/mol. The molecule has 0 aromatic carbocycles. The number of hydrogen-bond donors (Lipinski definition) is 0. The van der Waals surface area contributed by atoms with Crippen molar-refractivity contribution in [1.29, 1.82) is 0 Å². The molecule has 0 aliphatic heterocycles. The zero-order valence-electron chi connectivity index (χ0n) is 32.3. The minimum atomic E-state index is -0.531. The van der Waals surface area contributed by atoms with Gasteiger partial charge in [0.15, 0.2) is 6.10 Å². The predicted octanol–water partition coefficient (Wildman–Crippen LogP) is 13.3. The summed E-state index contributed by atoms with van der Waals surface area (Å²) in [4.78, 5) is 24.9. The van der Waals surface area contributed by atoms with E-state index in [9.17, 15) is 9.59 Å². The van der Waals surface area contributed by atoms with E-state index in [1.807, 2.05) is 0 Å². The first-order valence-corrected chi connectivity index (χ1v) is 20.9. The van der Waals surface area contributed by atoms with Crippen LogP contribution < -0.4 is 0 Å². The molecule has 1 atom stereocenters. The van der Waals surface area contributed by atoms with Gasteiger partial charge in [-0.1, -0.05) is 161 Å². The normalized spacial score (nSPS) is 12.3. The Kier molecular flexibility index (Phi) is 38.5. The number of esters is 2. The fourth-order valence-corrected chi connectivity index (χ4v) is 5.78. The first-order valence-electron chi connectivity index (χ1n) is 20.9. The molecule has 282 valence electrons. The van der Waals surface area contributed by atoms with Crippen molar-refractivity contribution in [3.8, 4) is 0 Å². The number of carbonyl (C=O) groups is 2. The zero-order valence-corrected chi connectivity index (χ0v) is 32.3. The number of ether oxygens (including phenoxy) is 3. The third kappa shape index (κ3) is 37.2. The van der Waals surface area contributed by atoms with Crippen LogP contribution in [0.4, 0.5) is 0 Å². The molecule has 0 heterocycles. The van der Waals surface area contributed by atoms with Crippen LogP contribution in [0.1, 0.15) is 213 Å². The van der Waals surface area contributed by atoms with Crippen LogP contribution in [-0.2, 0) is 23.8 Å². The van der Waals surface area contributed by atoms with Gasteiger partial charge in [-0.15, -0.1) is 0 Å². The van der Waals surface area contributed by atoms with Crippen LogP contribution in [0.25, 0.3) is 0 Å².